The molecule has 0 bridgehead atoms. The lowest BCUT2D eigenvalue weighted by Crippen LogP contribution is -2.36. The third-order valence-electron chi connectivity index (χ3n) is 2.35. The van der Waals surface area contributed by atoms with E-state index >= 15 is 0 Å². The summed E-state index contributed by atoms with van der Waals surface area (Å²) >= 11 is 0. The standard InChI is InChI=1S/C9H10N2O3S/c1-10-8-4-2-3-5-9(8)11(6-7-12)15(10,13)14/h2-5,7H,6H2,1H3. The zero-order valence-corrected chi connectivity index (χ0v) is 8.94. The van der Waals surface area contributed by atoms with E-state index in [0.29, 0.717) is 17.7 Å². The van der Waals surface area contributed by atoms with Crippen molar-refractivity contribution >= 4 is 27.9 Å². The van der Waals surface area contributed by atoms with Gasteiger partial charge < -0.3 is 4.79 Å². The van der Waals surface area contributed by atoms with Crippen LogP contribution in [-0.2, 0) is 15.0 Å². The first-order chi connectivity index (χ1) is 7.09. The van der Waals surface area contributed by atoms with E-state index in [-0.39, 0.29) is 6.54 Å². The molecule has 0 fully saturated rings. The molecule has 1 heterocycles. The highest BCUT2D eigenvalue weighted by Crippen LogP contribution is 2.38. The van der Waals surface area contributed by atoms with Gasteiger partial charge in [-0.15, -0.1) is 0 Å². The fourth-order valence-corrected chi connectivity index (χ4v) is 2.95. The van der Waals surface area contributed by atoms with Crippen LogP contribution in [0.15, 0.2) is 24.3 Å². The van der Waals surface area contributed by atoms with E-state index < -0.39 is 10.2 Å². The van der Waals surface area contributed by atoms with Gasteiger partial charge in [-0.25, -0.2) is 4.31 Å². The number of hydrogen-bond acceptors (Lipinski definition) is 3. The van der Waals surface area contributed by atoms with Crippen molar-refractivity contribution < 1.29 is 13.2 Å². The number of aldehydes is 1. The molecule has 5 nitrogen and oxygen atoms in total. The van der Waals surface area contributed by atoms with Gasteiger partial charge in [-0.3, -0.25) is 4.31 Å². The Labute approximate surface area is 88.1 Å². The quantitative estimate of drug-likeness (QED) is 0.685. The van der Waals surface area contributed by atoms with E-state index in [4.69, 9.17) is 0 Å². The Morgan fingerprint density at radius 3 is 2.47 bits per heavy atom. The normalized spacial score (nSPS) is 17.7. The Morgan fingerprint density at radius 1 is 1.27 bits per heavy atom. The molecular weight excluding hydrogens is 216 g/mol. The predicted octanol–water partition coefficient (Wildman–Crippen LogP) is 0.386. The van der Waals surface area contributed by atoms with Crippen molar-refractivity contribution in [1.82, 2.24) is 0 Å². The molecule has 0 N–H and O–H groups in total. The average molecular weight is 226 g/mol. The van der Waals surface area contributed by atoms with Gasteiger partial charge in [0.2, 0.25) is 0 Å². The smallest absolute Gasteiger partial charge is 0.301 e. The number of carbonyl (C=O) groups is 1. The second-order valence-corrected chi connectivity index (χ2v) is 5.05. The summed E-state index contributed by atoms with van der Waals surface area (Å²) in [4.78, 5) is 10.4. The highest BCUT2D eigenvalue weighted by Gasteiger charge is 2.37. The minimum Gasteiger partial charge on any atom is -0.301 e. The molecule has 0 aromatic heterocycles. The number of rotatable bonds is 2. The highest BCUT2D eigenvalue weighted by atomic mass is 32.2. The molecule has 0 radical (unpaired) electrons. The van der Waals surface area contributed by atoms with Crippen LogP contribution in [0.5, 0.6) is 0 Å². The number of fused-ring (bicyclic) bond motifs is 1. The van der Waals surface area contributed by atoms with Crippen LogP contribution >= 0.6 is 0 Å². The van der Waals surface area contributed by atoms with Crippen molar-refractivity contribution in [2.45, 2.75) is 0 Å². The van der Waals surface area contributed by atoms with E-state index in [9.17, 15) is 13.2 Å². The second kappa shape index (κ2) is 3.23. The third-order valence-corrected chi connectivity index (χ3v) is 4.15. The molecule has 0 unspecified atom stereocenters. The predicted molar refractivity (Wildman–Crippen MR) is 57.2 cm³/mol. The maximum absolute atomic E-state index is 11.8. The van der Waals surface area contributed by atoms with Crippen molar-refractivity contribution in [3.05, 3.63) is 24.3 Å². The molecule has 0 spiro atoms. The van der Waals surface area contributed by atoms with Crippen LogP contribution in [-0.4, -0.2) is 28.3 Å². The van der Waals surface area contributed by atoms with Crippen LogP contribution in [0.1, 0.15) is 0 Å². The van der Waals surface area contributed by atoms with Crippen LogP contribution < -0.4 is 8.61 Å². The Morgan fingerprint density at radius 2 is 1.87 bits per heavy atom. The van der Waals surface area contributed by atoms with E-state index in [2.05, 4.69) is 0 Å². The number of nitrogens with zero attached hydrogens (tertiary/aromatic N) is 2. The zero-order chi connectivity index (χ0) is 11.1. The fraction of sp³-hybridized carbons (Fsp3) is 0.222. The summed E-state index contributed by atoms with van der Waals surface area (Å²) in [7, 11) is -2.08. The first kappa shape index (κ1) is 9.97. The van der Waals surface area contributed by atoms with Gasteiger partial charge in [0.1, 0.15) is 6.29 Å². The summed E-state index contributed by atoms with van der Waals surface area (Å²) < 4.78 is 25.9. The molecule has 0 saturated carbocycles. The molecule has 2 rings (SSSR count). The van der Waals surface area contributed by atoms with E-state index in [1.807, 2.05) is 0 Å². The van der Waals surface area contributed by atoms with Crippen LogP contribution in [0.3, 0.4) is 0 Å². The van der Waals surface area contributed by atoms with Crippen LogP contribution in [0.25, 0.3) is 0 Å². The maximum Gasteiger partial charge on any atom is 0.326 e. The highest BCUT2D eigenvalue weighted by molar-refractivity contribution is 7.94. The lowest BCUT2D eigenvalue weighted by atomic mass is 10.2. The number of para-hydroxylation sites is 2. The van der Waals surface area contributed by atoms with Crippen LogP contribution in [0, 0.1) is 0 Å². The fourth-order valence-electron chi connectivity index (χ4n) is 1.60. The summed E-state index contributed by atoms with van der Waals surface area (Å²) in [6.45, 7) is -0.149. The van der Waals surface area contributed by atoms with Crippen molar-refractivity contribution in [2.75, 3.05) is 22.2 Å². The molecule has 0 saturated heterocycles. The Bertz CT molecular complexity index is 498. The molecular formula is C9H10N2O3S. The topological polar surface area (TPSA) is 57.7 Å². The third kappa shape index (κ3) is 1.29. The van der Waals surface area contributed by atoms with Gasteiger partial charge in [0.05, 0.1) is 17.9 Å². The zero-order valence-electron chi connectivity index (χ0n) is 8.12. The molecule has 15 heavy (non-hydrogen) atoms. The van der Waals surface area contributed by atoms with E-state index in [1.165, 1.54) is 11.4 Å². The lowest BCUT2D eigenvalue weighted by molar-refractivity contribution is -0.106. The second-order valence-electron chi connectivity index (χ2n) is 3.16. The summed E-state index contributed by atoms with van der Waals surface area (Å²) in [6.07, 6.45) is 0.577. The molecule has 6 heteroatoms. The van der Waals surface area contributed by atoms with Crippen molar-refractivity contribution in [1.29, 1.82) is 0 Å². The summed E-state index contributed by atoms with van der Waals surface area (Å²) in [5, 5.41) is 0. The number of benzene rings is 1. The number of hydrogen-bond donors (Lipinski definition) is 0. The minimum absolute atomic E-state index is 0.149. The largest absolute Gasteiger partial charge is 0.326 e. The number of carbonyl (C=O) groups excluding carboxylic acids is 1. The van der Waals surface area contributed by atoms with Gasteiger partial charge in [0.25, 0.3) is 0 Å². The van der Waals surface area contributed by atoms with Crippen molar-refractivity contribution in [2.24, 2.45) is 0 Å². The van der Waals surface area contributed by atoms with Gasteiger partial charge in [0, 0.05) is 7.05 Å². The minimum atomic E-state index is -3.55. The molecule has 1 aliphatic heterocycles. The van der Waals surface area contributed by atoms with Gasteiger partial charge >= 0.3 is 10.2 Å². The molecule has 0 atom stereocenters. The maximum atomic E-state index is 11.8. The van der Waals surface area contributed by atoms with Gasteiger partial charge in [-0.2, -0.15) is 8.42 Å². The average Bonchev–Trinajstić information content (AvgIpc) is 2.41. The first-order valence-electron chi connectivity index (χ1n) is 4.38. The Balaban J connectivity index is 2.61. The molecule has 1 aromatic carbocycles. The Kier molecular flexibility index (Phi) is 2.15. The molecule has 0 amide bonds. The van der Waals surface area contributed by atoms with Crippen molar-refractivity contribution in [3.8, 4) is 0 Å². The van der Waals surface area contributed by atoms with Crippen LogP contribution in [0.2, 0.25) is 0 Å². The first-order valence-corrected chi connectivity index (χ1v) is 5.78. The Hall–Kier alpha value is -1.56. The van der Waals surface area contributed by atoms with Gasteiger partial charge in [0.15, 0.2) is 0 Å². The van der Waals surface area contributed by atoms with Gasteiger partial charge in [-0.1, -0.05) is 12.1 Å². The van der Waals surface area contributed by atoms with Crippen LogP contribution in [0.4, 0.5) is 11.4 Å². The van der Waals surface area contributed by atoms with E-state index in [0.717, 1.165) is 4.31 Å². The van der Waals surface area contributed by atoms with Gasteiger partial charge in [-0.05, 0) is 12.1 Å². The molecule has 80 valence electrons. The lowest BCUT2D eigenvalue weighted by Gasteiger charge is -2.15. The SMILES string of the molecule is CN1c2ccccc2N(CC=O)S1(=O)=O. The summed E-state index contributed by atoms with van der Waals surface area (Å²) in [5.74, 6) is 0. The summed E-state index contributed by atoms with van der Waals surface area (Å²) in [6, 6.07) is 6.89. The molecule has 1 aromatic rings. The van der Waals surface area contributed by atoms with Crippen molar-refractivity contribution in [3.63, 3.8) is 0 Å². The molecule has 1 aliphatic rings. The number of anilines is 2. The monoisotopic (exact) mass is 226 g/mol. The van der Waals surface area contributed by atoms with E-state index in [1.54, 1.807) is 24.3 Å². The summed E-state index contributed by atoms with van der Waals surface area (Å²) in [5.41, 5.74) is 1.14. The molecule has 0 aliphatic carbocycles.